The third-order valence-electron chi connectivity index (χ3n) is 5.50. The first-order valence-corrected chi connectivity index (χ1v) is 11.9. The number of carbonyl (C=O) groups is 2. The second-order valence-electron chi connectivity index (χ2n) is 7.72. The van der Waals surface area contributed by atoms with E-state index in [4.69, 9.17) is 13.9 Å². The van der Waals surface area contributed by atoms with Crippen molar-refractivity contribution < 1.29 is 23.5 Å². The molecule has 2 aromatic heterocycles. The van der Waals surface area contributed by atoms with Gasteiger partial charge in [0, 0.05) is 34.6 Å². The minimum absolute atomic E-state index is 0.130. The average Bonchev–Trinajstić information content (AvgIpc) is 3.18. The van der Waals surface area contributed by atoms with E-state index in [-0.39, 0.29) is 6.42 Å². The minimum Gasteiger partial charge on any atom is -0.495 e. The van der Waals surface area contributed by atoms with Gasteiger partial charge in [0.15, 0.2) is 11.8 Å². The summed E-state index contributed by atoms with van der Waals surface area (Å²) in [5, 5.41) is 5.28. The van der Waals surface area contributed by atoms with E-state index in [0.29, 0.717) is 28.6 Å². The van der Waals surface area contributed by atoms with Crippen LogP contribution in [-0.2, 0) is 20.7 Å². The first-order chi connectivity index (χ1) is 16.4. The Morgan fingerprint density at radius 2 is 1.79 bits per heavy atom. The standard InChI is InChI=1S/C25H25N3O5S/c1-14-16(15(2)27-25(26-14)34-4)9-10-24(30)32-13-23(29)28-19-12-21-18(11-22(19)31-3)17-7-5-6-8-20(17)33-21/h5-8,11-12H,9-10,13H2,1-4H3,(H,28,29). The SMILES string of the molecule is COc1cc2c(cc1NC(=O)COC(=O)CCc1c(C)nc(SC)nc1C)oc1ccccc12. The van der Waals surface area contributed by atoms with E-state index in [9.17, 15) is 9.59 Å². The van der Waals surface area contributed by atoms with Gasteiger partial charge in [-0.2, -0.15) is 0 Å². The molecule has 8 nitrogen and oxygen atoms in total. The lowest BCUT2D eigenvalue weighted by Gasteiger charge is -2.11. The van der Waals surface area contributed by atoms with Crippen LogP contribution in [0.1, 0.15) is 23.4 Å². The number of hydrogen-bond donors (Lipinski definition) is 1. The Balaban J connectivity index is 1.37. The number of carbonyl (C=O) groups excluding carboxylic acids is 2. The van der Waals surface area contributed by atoms with Crippen molar-refractivity contribution >= 4 is 51.3 Å². The smallest absolute Gasteiger partial charge is 0.306 e. The number of nitrogens with zero attached hydrogens (tertiary/aromatic N) is 2. The van der Waals surface area contributed by atoms with Gasteiger partial charge < -0.3 is 19.2 Å². The summed E-state index contributed by atoms with van der Waals surface area (Å²) in [5.74, 6) is -0.455. The molecule has 9 heteroatoms. The molecular formula is C25H25N3O5S. The van der Waals surface area contributed by atoms with Gasteiger partial charge in [0.1, 0.15) is 16.9 Å². The number of amides is 1. The fraction of sp³-hybridized carbons (Fsp3) is 0.280. The normalized spacial score (nSPS) is 11.1. The number of benzene rings is 2. The predicted molar refractivity (Wildman–Crippen MR) is 131 cm³/mol. The van der Waals surface area contributed by atoms with E-state index in [1.54, 1.807) is 6.07 Å². The molecule has 0 radical (unpaired) electrons. The summed E-state index contributed by atoms with van der Waals surface area (Å²) >= 11 is 1.47. The van der Waals surface area contributed by atoms with Crippen LogP contribution in [0.3, 0.4) is 0 Å². The first-order valence-electron chi connectivity index (χ1n) is 10.7. The van der Waals surface area contributed by atoms with E-state index in [0.717, 1.165) is 33.3 Å². The van der Waals surface area contributed by atoms with E-state index in [1.807, 2.05) is 50.4 Å². The van der Waals surface area contributed by atoms with Crippen LogP contribution in [0.25, 0.3) is 21.9 Å². The maximum Gasteiger partial charge on any atom is 0.306 e. The number of anilines is 1. The zero-order chi connectivity index (χ0) is 24.2. The summed E-state index contributed by atoms with van der Waals surface area (Å²) < 4.78 is 16.5. The van der Waals surface area contributed by atoms with Crippen LogP contribution >= 0.6 is 11.8 Å². The van der Waals surface area contributed by atoms with Crippen LogP contribution in [0.2, 0.25) is 0 Å². The molecule has 0 saturated heterocycles. The molecule has 0 spiro atoms. The molecule has 1 N–H and O–H groups in total. The Bertz CT molecular complexity index is 1360. The predicted octanol–water partition coefficient (Wildman–Crippen LogP) is 4.84. The van der Waals surface area contributed by atoms with E-state index >= 15 is 0 Å². The van der Waals surface area contributed by atoms with Crippen LogP contribution in [-0.4, -0.2) is 41.8 Å². The Kier molecular flexibility index (Phi) is 7.02. The highest BCUT2D eigenvalue weighted by atomic mass is 32.2. The number of nitrogens with one attached hydrogen (secondary N) is 1. The van der Waals surface area contributed by atoms with E-state index in [1.165, 1.54) is 18.9 Å². The number of thioether (sulfide) groups is 1. The summed E-state index contributed by atoms with van der Waals surface area (Å²) in [6.45, 7) is 3.39. The van der Waals surface area contributed by atoms with Crippen molar-refractivity contribution in [1.29, 1.82) is 0 Å². The van der Waals surface area contributed by atoms with Gasteiger partial charge in [-0.05, 0) is 44.2 Å². The number of aryl methyl sites for hydroxylation is 2. The molecule has 0 unspecified atom stereocenters. The number of hydrogen-bond acceptors (Lipinski definition) is 8. The van der Waals surface area contributed by atoms with Gasteiger partial charge in [-0.25, -0.2) is 9.97 Å². The molecule has 0 aliphatic carbocycles. The van der Waals surface area contributed by atoms with Crippen molar-refractivity contribution in [2.24, 2.45) is 0 Å². The van der Waals surface area contributed by atoms with Crippen molar-refractivity contribution in [1.82, 2.24) is 9.97 Å². The molecule has 176 valence electrons. The number of para-hydroxylation sites is 1. The van der Waals surface area contributed by atoms with Crippen LogP contribution in [0.15, 0.2) is 46.0 Å². The zero-order valence-corrected chi connectivity index (χ0v) is 20.2. The Morgan fingerprint density at radius 3 is 2.50 bits per heavy atom. The number of ether oxygens (including phenoxy) is 2. The third kappa shape index (κ3) is 4.99. The van der Waals surface area contributed by atoms with Gasteiger partial charge in [-0.3, -0.25) is 9.59 Å². The Hall–Kier alpha value is -3.59. The minimum atomic E-state index is -0.470. The van der Waals surface area contributed by atoms with Crippen molar-refractivity contribution in [3.63, 3.8) is 0 Å². The second kappa shape index (κ2) is 10.1. The molecule has 1 amide bonds. The lowest BCUT2D eigenvalue weighted by molar-refractivity contribution is -0.147. The van der Waals surface area contributed by atoms with Crippen LogP contribution < -0.4 is 10.1 Å². The molecular weight excluding hydrogens is 454 g/mol. The van der Waals surface area contributed by atoms with Gasteiger partial charge in [0.2, 0.25) is 0 Å². The van der Waals surface area contributed by atoms with Crippen LogP contribution in [0.4, 0.5) is 5.69 Å². The average molecular weight is 480 g/mol. The van der Waals surface area contributed by atoms with Gasteiger partial charge in [0.25, 0.3) is 5.91 Å². The highest BCUT2D eigenvalue weighted by Gasteiger charge is 2.16. The molecule has 0 aliphatic heterocycles. The highest BCUT2D eigenvalue weighted by Crippen LogP contribution is 2.36. The molecule has 4 rings (SSSR count). The van der Waals surface area contributed by atoms with Gasteiger partial charge in [-0.1, -0.05) is 30.0 Å². The van der Waals surface area contributed by atoms with Crippen LogP contribution in [0, 0.1) is 13.8 Å². The lowest BCUT2D eigenvalue weighted by Crippen LogP contribution is -2.21. The zero-order valence-electron chi connectivity index (χ0n) is 19.4. The third-order valence-corrected chi connectivity index (χ3v) is 6.05. The van der Waals surface area contributed by atoms with Gasteiger partial charge in [-0.15, -0.1) is 0 Å². The first kappa shape index (κ1) is 23.6. The molecule has 4 aromatic rings. The molecule has 0 saturated carbocycles. The Labute approximate surface area is 201 Å². The van der Waals surface area contributed by atoms with Crippen LogP contribution in [0.5, 0.6) is 5.75 Å². The van der Waals surface area contributed by atoms with Gasteiger partial charge >= 0.3 is 5.97 Å². The molecule has 2 heterocycles. The second-order valence-corrected chi connectivity index (χ2v) is 8.49. The van der Waals surface area contributed by atoms with E-state index in [2.05, 4.69) is 15.3 Å². The number of furan rings is 1. The number of fused-ring (bicyclic) bond motifs is 3. The fourth-order valence-corrected chi connectivity index (χ4v) is 4.27. The lowest BCUT2D eigenvalue weighted by atomic mass is 10.1. The molecule has 34 heavy (non-hydrogen) atoms. The molecule has 2 aromatic carbocycles. The van der Waals surface area contributed by atoms with Gasteiger partial charge in [0.05, 0.1) is 12.8 Å². The molecule has 0 atom stereocenters. The summed E-state index contributed by atoms with van der Waals surface area (Å²) in [6, 6.07) is 11.2. The topological polar surface area (TPSA) is 104 Å². The summed E-state index contributed by atoms with van der Waals surface area (Å²) in [5.41, 5.74) is 4.41. The monoisotopic (exact) mass is 479 g/mol. The van der Waals surface area contributed by atoms with Crippen molar-refractivity contribution in [2.45, 2.75) is 31.8 Å². The highest BCUT2D eigenvalue weighted by molar-refractivity contribution is 7.98. The van der Waals surface area contributed by atoms with E-state index < -0.39 is 18.5 Å². The summed E-state index contributed by atoms with van der Waals surface area (Å²) in [4.78, 5) is 33.5. The van der Waals surface area contributed by atoms with Crippen molar-refractivity contribution in [3.8, 4) is 5.75 Å². The number of aromatic nitrogens is 2. The molecule has 0 bridgehead atoms. The largest absolute Gasteiger partial charge is 0.495 e. The number of rotatable bonds is 8. The molecule has 0 aliphatic rings. The van der Waals surface area contributed by atoms with Crippen molar-refractivity contribution in [3.05, 3.63) is 53.3 Å². The number of esters is 1. The molecule has 0 fully saturated rings. The summed E-state index contributed by atoms with van der Waals surface area (Å²) in [6.07, 6.45) is 2.50. The maximum atomic E-state index is 12.4. The maximum absolute atomic E-state index is 12.4. The Morgan fingerprint density at radius 1 is 1.06 bits per heavy atom. The fourth-order valence-electron chi connectivity index (χ4n) is 3.81. The number of methoxy groups -OCH3 is 1. The van der Waals surface area contributed by atoms with Crippen molar-refractivity contribution in [2.75, 3.05) is 25.3 Å². The quantitative estimate of drug-likeness (QED) is 0.218. The summed E-state index contributed by atoms with van der Waals surface area (Å²) in [7, 11) is 1.53.